The fraction of sp³-hybridized carbons (Fsp3) is 0. The molecule has 0 aromatic carbocycles. The molecule has 0 saturated heterocycles. The maximum absolute atomic E-state index is 10.7. The second-order valence-corrected chi connectivity index (χ2v) is 3.55. The third-order valence-corrected chi connectivity index (χ3v) is 2.47. The van der Waals surface area contributed by atoms with E-state index < -0.39 is 35.1 Å². The molecule has 0 spiro atoms. The van der Waals surface area contributed by atoms with Crippen molar-refractivity contribution in [2.24, 2.45) is 0 Å². The van der Waals surface area contributed by atoms with Gasteiger partial charge in [0.25, 0.3) is 0 Å². The van der Waals surface area contributed by atoms with Crippen LogP contribution in [0.1, 0.15) is 31.6 Å². The van der Waals surface area contributed by atoms with Crippen LogP contribution in [0.25, 0.3) is 0 Å². The van der Waals surface area contributed by atoms with Gasteiger partial charge in [0.1, 0.15) is 0 Å². The Balaban J connectivity index is 3.57. The van der Waals surface area contributed by atoms with Crippen molar-refractivity contribution in [1.29, 1.82) is 0 Å². The zero-order valence-electron chi connectivity index (χ0n) is 7.34. The normalized spacial score (nSPS) is 9.81. The van der Waals surface area contributed by atoms with Gasteiger partial charge in [-0.2, -0.15) is 0 Å². The molecule has 3 N–H and O–H groups in total. The Bertz CT molecular complexity index is 465. The summed E-state index contributed by atoms with van der Waals surface area (Å²) in [5.74, 6) is -5.50. The molecule has 0 amide bonds. The van der Waals surface area contributed by atoms with Crippen LogP contribution >= 0.6 is 22.6 Å². The van der Waals surface area contributed by atoms with Gasteiger partial charge in [-0.15, -0.1) is 0 Å². The van der Waals surface area contributed by atoms with Gasteiger partial charge in [0, 0.05) is 0 Å². The van der Waals surface area contributed by atoms with Gasteiger partial charge in [0.05, 0.1) is 3.57 Å². The van der Waals surface area contributed by atoms with Gasteiger partial charge in [0.15, 0.2) is 11.4 Å². The molecule has 0 aliphatic rings. The van der Waals surface area contributed by atoms with Crippen LogP contribution < -0.4 is 0 Å². The van der Waals surface area contributed by atoms with E-state index in [1.54, 1.807) is 0 Å². The Morgan fingerprint density at radius 2 is 1.25 bits per heavy atom. The van der Waals surface area contributed by atoms with E-state index in [0.29, 0.717) is 0 Å². The molecule has 16 heavy (non-hydrogen) atoms. The fourth-order valence-corrected chi connectivity index (χ4v) is 1.53. The molecule has 1 aromatic rings. The minimum Gasteiger partial charge on any atom is -0.476 e. The zero-order valence-corrected chi connectivity index (χ0v) is 9.50. The van der Waals surface area contributed by atoms with Crippen LogP contribution in [-0.4, -0.2) is 43.2 Å². The quantitative estimate of drug-likeness (QED) is 0.664. The highest BCUT2D eigenvalue weighted by Crippen LogP contribution is 2.15. The Labute approximate surface area is 101 Å². The SMILES string of the molecule is O=C(O)c1nc(C(=O)O)c(I)c(C(=O)O)n1. The van der Waals surface area contributed by atoms with Crippen molar-refractivity contribution < 1.29 is 29.7 Å². The standard InChI is InChI=1S/C7H3IN2O6/c8-1-2(5(11)12)9-4(7(15)16)10-3(1)6(13)14/h(H,11,12)(H,13,14)(H,15,16). The van der Waals surface area contributed by atoms with Crippen molar-refractivity contribution in [3.05, 3.63) is 20.8 Å². The monoisotopic (exact) mass is 338 g/mol. The summed E-state index contributed by atoms with van der Waals surface area (Å²) in [6.07, 6.45) is 0. The van der Waals surface area contributed by atoms with E-state index >= 15 is 0 Å². The van der Waals surface area contributed by atoms with Crippen molar-refractivity contribution >= 4 is 40.5 Å². The van der Waals surface area contributed by atoms with Crippen LogP contribution in [0.15, 0.2) is 0 Å². The van der Waals surface area contributed by atoms with E-state index in [0.717, 1.165) is 0 Å². The number of rotatable bonds is 3. The molecule has 0 bridgehead atoms. The minimum atomic E-state index is -1.60. The summed E-state index contributed by atoms with van der Waals surface area (Å²) in [7, 11) is 0. The van der Waals surface area contributed by atoms with Crippen molar-refractivity contribution in [3.63, 3.8) is 0 Å². The van der Waals surface area contributed by atoms with E-state index in [9.17, 15) is 14.4 Å². The lowest BCUT2D eigenvalue weighted by Gasteiger charge is -2.03. The highest BCUT2D eigenvalue weighted by atomic mass is 127. The second-order valence-electron chi connectivity index (χ2n) is 2.47. The average molecular weight is 338 g/mol. The fourth-order valence-electron chi connectivity index (χ4n) is 0.826. The van der Waals surface area contributed by atoms with Crippen LogP contribution in [0, 0.1) is 3.57 Å². The van der Waals surface area contributed by atoms with Gasteiger partial charge in [-0.3, -0.25) is 0 Å². The first-order valence-electron chi connectivity index (χ1n) is 3.62. The molecule has 0 aliphatic carbocycles. The molecule has 1 rings (SSSR count). The summed E-state index contributed by atoms with van der Waals surface area (Å²) in [4.78, 5) is 38.4. The molecule has 0 atom stereocenters. The smallest absolute Gasteiger partial charge is 0.373 e. The van der Waals surface area contributed by atoms with Crippen LogP contribution in [0.3, 0.4) is 0 Å². The van der Waals surface area contributed by atoms with E-state index in [1.165, 1.54) is 22.6 Å². The number of nitrogens with zero attached hydrogens (tertiary/aromatic N) is 2. The average Bonchev–Trinajstić information content (AvgIpc) is 2.16. The molecule has 1 heterocycles. The van der Waals surface area contributed by atoms with Crippen LogP contribution in [0.5, 0.6) is 0 Å². The van der Waals surface area contributed by atoms with Crippen molar-refractivity contribution in [3.8, 4) is 0 Å². The minimum absolute atomic E-state index is 0.220. The summed E-state index contributed by atoms with van der Waals surface area (Å²) < 4.78 is -0.220. The maximum atomic E-state index is 10.7. The van der Waals surface area contributed by atoms with Crippen LogP contribution in [-0.2, 0) is 0 Å². The summed E-state index contributed by atoms with van der Waals surface area (Å²) >= 11 is 1.43. The number of aromatic carboxylic acids is 3. The first kappa shape index (κ1) is 12.3. The van der Waals surface area contributed by atoms with E-state index in [1.807, 2.05) is 0 Å². The highest BCUT2D eigenvalue weighted by molar-refractivity contribution is 14.1. The van der Waals surface area contributed by atoms with Crippen LogP contribution in [0.4, 0.5) is 0 Å². The number of carbonyl (C=O) groups is 3. The molecular weight excluding hydrogens is 335 g/mol. The Kier molecular flexibility index (Phi) is 3.37. The first-order chi connectivity index (χ1) is 7.34. The van der Waals surface area contributed by atoms with E-state index in [2.05, 4.69) is 9.97 Å². The molecule has 84 valence electrons. The third-order valence-electron chi connectivity index (χ3n) is 1.45. The van der Waals surface area contributed by atoms with E-state index in [4.69, 9.17) is 15.3 Å². The summed E-state index contributed by atoms with van der Waals surface area (Å²) in [5, 5.41) is 26.0. The van der Waals surface area contributed by atoms with Crippen molar-refractivity contribution in [1.82, 2.24) is 9.97 Å². The predicted octanol–water partition coefficient (Wildman–Crippen LogP) is 0.176. The number of aromatic nitrogens is 2. The third kappa shape index (κ3) is 2.24. The molecule has 0 unspecified atom stereocenters. The molecular formula is C7H3IN2O6. The first-order valence-corrected chi connectivity index (χ1v) is 4.70. The molecule has 8 nitrogen and oxygen atoms in total. The van der Waals surface area contributed by atoms with Crippen molar-refractivity contribution in [2.75, 3.05) is 0 Å². The van der Waals surface area contributed by atoms with Crippen molar-refractivity contribution in [2.45, 2.75) is 0 Å². The number of carboxylic acids is 3. The van der Waals surface area contributed by atoms with Crippen LogP contribution in [0.2, 0.25) is 0 Å². The summed E-state index contributed by atoms with van der Waals surface area (Å²) in [6.45, 7) is 0. The topological polar surface area (TPSA) is 138 Å². The molecule has 0 aliphatic heterocycles. The van der Waals surface area contributed by atoms with Gasteiger partial charge in [-0.1, -0.05) is 0 Å². The number of hydrogen-bond acceptors (Lipinski definition) is 5. The summed E-state index contributed by atoms with van der Waals surface area (Å²) in [6, 6.07) is 0. The predicted molar refractivity (Wildman–Crippen MR) is 55.6 cm³/mol. The van der Waals surface area contributed by atoms with Gasteiger partial charge >= 0.3 is 17.9 Å². The van der Waals surface area contributed by atoms with E-state index in [-0.39, 0.29) is 3.57 Å². The zero-order chi connectivity index (χ0) is 12.5. The van der Waals surface area contributed by atoms with Gasteiger partial charge in [-0.25, -0.2) is 24.4 Å². The largest absolute Gasteiger partial charge is 0.476 e. The molecule has 0 saturated carbocycles. The molecule has 0 radical (unpaired) electrons. The lowest BCUT2D eigenvalue weighted by Crippen LogP contribution is -2.17. The maximum Gasteiger partial charge on any atom is 0.373 e. The lowest BCUT2D eigenvalue weighted by atomic mass is 10.3. The Hall–Kier alpha value is -1.78. The van der Waals surface area contributed by atoms with Gasteiger partial charge < -0.3 is 15.3 Å². The highest BCUT2D eigenvalue weighted by Gasteiger charge is 2.23. The summed E-state index contributed by atoms with van der Waals surface area (Å²) in [5.41, 5.74) is -1.30. The Morgan fingerprint density at radius 3 is 1.50 bits per heavy atom. The number of hydrogen-bond donors (Lipinski definition) is 3. The van der Waals surface area contributed by atoms with Gasteiger partial charge in [-0.05, 0) is 22.6 Å². The second kappa shape index (κ2) is 4.38. The lowest BCUT2D eigenvalue weighted by molar-refractivity contribution is 0.0674. The number of carboxylic acid groups (broad SMARTS) is 3. The number of halogens is 1. The molecule has 0 fully saturated rings. The molecule has 9 heteroatoms. The molecule has 1 aromatic heterocycles. The van der Waals surface area contributed by atoms with Gasteiger partial charge in [0.2, 0.25) is 5.82 Å². The Morgan fingerprint density at radius 1 is 0.875 bits per heavy atom.